The standard InChI is InChI=1S/C9H6ClIN2S/c10-8-5-14-9(13-8)12-7-3-1-2-6(11)4-7/h1-5H,(H,12,13). The average Bonchev–Trinajstić information content (AvgIpc) is 2.51. The molecule has 0 saturated heterocycles. The summed E-state index contributed by atoms with van der Waals surface area (Å²) in [5.41, 5.74) is 1.03. The molecule has 1 aromatic carbocycles. The van der Waals surface area contributed by atoms with E-state index in [0.717, 1.165) is 10.8 Å². The number of aromatic nitrogens is 1. The zero-order chi connectivity index (χ0) is 9.97. The maximum atomic E-state index is 5.72. The van der Waals surface area contributed by atoms with Crippen molar-refractivity contribution in [2.24, 2.45) is 0 Å². The summed E-state index contributed by atoms with van der Waals surface area (Å²) in [5.74, 6) is 0. The van der Waals surface area contributed by atoms with Gasteiger partial charge in [0, 0.05) is 14.6 Å². The van der Waals surface area contributed by atoms with Crippen LogP contribution >= 0.6 is 45.5 Å². The van der Waals surface area contributed by atoms with Crippen LogP contribution in [0.1, 0.15) is 0 Å². The highest BCUT2D eigenvalue weighted by molar-refractivity contribution is 14.1. The van der Waals surface area contributed by atoms with Gasteiger partial charge in [-0.1, -0.05) is 17.7 Å². The van der Waals surface area contributed by atoms with Crippen molar-refractivity contribution < 1.29 is 0 Å². The molecule has 14 heavy (non-hydrogen) atoms. The molecule has 5 heteroatoms. The van der Waals surface area contributed by atoms with Gasteiger partial charge in [0.15, 0.2) is 5.13 Å². The Labute approximate surface area is 104 Å². The van der Waals surface area contributed by atoms with Crippen LogP contribution in [0.25, 0.3) is 0 Å². The van der Waals surface area contributed by atoms with E-state index in [1.807, 2.05) is 18.2 Å². The van der Waals surface area contributed by atoms with Crippen LogP contribution in [0.2, 0.25) is 5.15 Å². The number of nitrogens with zero attached hydrogens (tertiary/aromatic N) is 1. The van der Waals surface area contributed by atoms with Crippen LogP contribution in [0.5, 0.6) is 0 Å². The molecule has 72 valence electrons. The third-order valence-electron chi connectivity index (χ3n) is 1.55. The van der Waals surface area contributed by atoms with Crippen LogP contribution < -0.4 is 5.32 Å². The summed E-state index contributed by atoms with van der Waals surface area (Å²) in [6.07, 6.45) is 0. The fraction of sp³-hybridized carbons (Fsp3) is 0. The second kappa shape index (κ2) is 4.46. The van der Waals surface area contributed by atoms with E-state index >= 15 is 0 Å². The van der Waals surface area contributed by atoms with Crippen molar-refractivity contribution in [2.45, 2.75) is 0 Å². The number of nitrogens with one attached hydrogen (secondary N) is 1. The predicted molar refractivity (Wildman–Crippen MR) is 69.6 cm³/mol. The normalized spacial score (nSPS) is 10.1. The first-order valence-electron chi connectivity index (χ1n) is 3.88. The number of halogens is 2. The second-order valence-corrected chi connectivity index (χ2v) is 5.10. The van der Waals surface area contributed by atoms with Crippen LogP contribution in [0.15, 0.2) is 29.6 Å². The van der Waals surface area contributed by atoms with Gasteiger partial charge in [0.25, 0.3) is 0 Å². The van der Waals surface area contributed by atoms with Gasteiger partial charge in [-0.25, -0.2) is 4.98 Å². The Morgan fingerprint density at radius 2 is 2.29 bits per heavy atom. The van der Waals surface area contributed by atoms with Crippen molar-refractivity contribution in [2.75, 3.05) is 5.32 Å². The Morgan fingerprint density at radius 1 is 1.43 bits per heavy atom. The lowest BCUT2D eigenvalue weighted by molar-refractivity contribution is 1.39. The first-order valence-corrected chi connectivity index (χ1v) is 6.21. The quantitative estimate of drug-likeness (QED) is 0.834. The van der Waals surface area contributed by atoms with Crippen LogP contribution in [0.4, 0.5) is 10.8 Å². The van der Waals surface area contributed by atoms with Gasteiger partial charge in [0.1, 0.15) is 5.15 Å². The molecule has 2 rings (SSSR count). The van der Waals surface area contributed by atoms with Crippen LogP contribution in [-0.2, 0) is 0 Å². The summed E-state index contributed by atoms with van der Waals surface area (Å²) < 4.78 is 1.19. The van der Waals surface area contributed by atoms with E-state index in [0.29, 0.717) is 5.15 Å². The topological polar surface area (TPSA) is 24.9 Å². The molecule has 0 bridgehead atoms. The maximum Gasteiger partial charge on any atom is 0.188 e. The van der Waals surface area contributed by atoms with Crippen LogP contribution in [-0.4, -0.2) is 4.98 Å². The molecule has 0 saturated carbocycles. The molecule has 0 spiro atoms. The van der Waals surface area contributed by atoms with Crippen molar-refractivity contribution in [1.82, 2.24) is 4.98 Å². The number of hydrogen-bond donors (Lipinski definition) is 1. The van der Waals surface area contributed by atoms with Crippen molar-refractivity contribution >= 4 is 56.3 Å². The fourth-order valence-electron chi connectivity index (χ4n) is 1.00. The molecule has 0 aliphatic rings. The third kappa shape index (κ3) is 2.59. The van der Waals surface area contributed by atoms with E-state index < -0.39 is 0 Å². The average molecular weight is 337 g/mol. The number of benzene rings is 1. The largest absolute Gasteiger partial charge is 0.331 e. The Bertz CT molecular complexity index is 444. The summed E-state index contributed by atoms with van der Waals surface area (Å²) in [6, 6.07) is 8.09. The molecule has 0 fully saturated rings. The zero-order valence-corrected chi connectivity index (χ0v) is 10.7. The predicted octanol–water partition coefficient (Wildman–Crippen LogP) is 4.14. The molecule has 0 aliphatic carbocycles. The SMILES string of the molecule is Clc1csc(Nc2cccc(I)c2)n1. The van der Waals surface area contributed by atoms with E-state index in [1.54, 1.807) is 5.38 Å². The Balaban J connectivity index is 2.18. The van der Waals surface area contributed by atoms with Gasteiger partial charge in [0.05, 0.1) is 0 Å². The molecule has 2 aromatic rings. The smallest absolute Gasteiger partial charge is 0.188 e. The lowest BCUT2D eigenvalue weighted by Gasteiger charge is -2.01. The van der Waals surface area contributed by atoms with Gasteiger partial charge in [-0.3, -0.25) is 0 Å². The van der Waals surface area contributed by atoms with E-state index in [1.165, 1.54) is 14.9 Å². The fourth-order valence-corrected chi connectivity index (χ4v) is 2.40. The van der Waals surface area contributed by atoms with Gasteiger partial charge < -0.3 is 5.32 Å². The Morgan fingerprint density at radius 3 is 2.93 bits per heavy atom. The van der Waals surface area contributed by atoms with Gasteiger partial charge in [-0.2, -0.15) is 0 Å². The minimum atomic E-state index is 0.531. The van der Waals surface area contributed by atoms with Gasteiger partial charge in [-0.05, 0) is 40.8 Å². The molecule has 0 amide bonds. The molecule has 0 aliphatic heterocycles. The van der Waals surface area contributed by atoms with Crippen LogP contribution in [0, 0.1) is 3.57 Å². The first-order chi connectivity index (χ1) is 6.74. The molecule has 2 nitrogen and oxygen atoms in total. The highest BCUT2D eigenvalue weighted by Crippen LogP contribution is 2.23. The monoisotopic (exact) mass is 336 g/mol. The summed E-state index contributed by atoms with van der Waals surface area (Å²) in [6.45, 7) is 0. The van der Waals surface area contributed by atoms with Gasteiger partial charge in [0.2, 0.25) is 0 Å². The van der Waals surface area contributed by atoms with Crippen molar-refractivity contribution in [1.29, 1.82) is 0 Å². The summed E-state index contributed by atoms with van der Waals surface area (Å²) in [5, 5.41) is 6.33. The van der Waals surface area contributed by atoms with Crippen LogP contribution in [0.3, 0.4) is 0 Å². The summed E-state index contributed by atoms with van der Waals surface area (Å²) >= 11 is 9.48. The number of thiazole rings is 1. The van der Waals surface area contributed by atoms with Gasteiger partial charge in [-0.15, -0.1) is 11.3 Å². The molecule has 0 unspecified atom stereocenters. The molecule has 1 N–H and O–H groups in total. The number of anilines is 2. The van der Waals surface area contributed by atoms with E-state index in [-0.39, 0.29) is 0 Å². The molecule has 1 heterocycles. The Hall–Kier alpha value is -0.330. The molecular formula is C9H6ClIN2S. The lowest BCUT2D eigenvalue weighted by atomic mass is 10.3. The minimum absolute atomic E-state index is 0.531. The summed E-state index contributed by atoms with van der Waals surface area (Å²) in [7, 11) is 0. The highest BCUT2D eigenvalue weighted by Gasteiger charge is 1.99. The molecule has 0 atom stereocenters. The van der Waals surface area contributed by atoms with Crippen molar-refractivity contribution in [3.63, 3.8) is 0 Å². The zero-order valence-electron chi connectivity index (χ0n) is 7.00. The van der Waals surface area contributed by atoms with E-state index in [4.69, 9.17) is 11.6 Å². The summed E-state index contributed by atoms with van der Waals surface area (Å²) in [4.78, 5) is 4.11. The van der Waals surface area contributed by atoms with Crippen molar-refractivity contribution in [3.05, 3.63) is 38.4 Å². The molecule has 1 aromatic heterocycles. The number of hydrogen-bond acceptors (Lipinski definition) is 3. The Kier molecular flexibility index (Phi) is 3.25. The first kappa shape index (κ1) is 10.2. The van der Waals surface area contributed by atoms with Gasteiger partial charge >= 0.3 is 0 Å². The highest BCUT2D eigenvalue weighted by atomic mass is 127. The minimum Gasteiger partial charge on any atom is -0.331 e. The second-order valence-electron chi connectivity index (χ2n) is 2.61. The molecular weight excluding hydrogens is 331 g/mol. The number of rotatable bonds is 2. The molecule has 0 radical (unpaired) electrons. The van der Waals surface area contributed by atoms with E-state index in [2.05, 4.69) is 39.0 Å². The lowest BCUT2D eigenvalue weighted by Crippen LogP contribution is -1.88. The van der Waals surface area contributed by atoms with Crippen molar-refractivity contribution in [3.8, 4) is 0 Å². The maximum absolute atomic E-state index is 5.72. The third-order valence-corrected chi connectivity index (χ3v) is 3.30. The van der Waals surface area contributed by atoms with E-state index in [9.17, 15) is 0 Å².